The average Bonchev–Trinajstić information content (AvgIpc) is 3.72. The molecule has 1 aliphatic rings. The maximum Gasteiger partial charge on any atom is 0.416 e. The Morgan fingerprint density at radius 2 is 1.11 bits per heavy atom. The van der Waals surface area contributed by atoms with Gasteiger partial charge in [0.05, 0.1) is 13.3 Å². The largest absolute Gasteiger partial charge is 1.00 e. The third-order valence-corrected chi connectivity index (χ3v) is 9.53. The summed E-state index contributed by atoms with van der Waals surface area (Å²) in [6.45, 7) is 3.69. The van der Waals surface area contributed by atoms with Gasteiger partial charge in [0, 0.05) is 7.11 Å². The minimum atomic E-state index is -4.20. The van der Waals surface area contributed by atoms with Crippen molar-refractivity contribution in [2.75, 3.05) is 20.4 Å². The molecule has 204 valence electrons. The third kappa shape index (κ3) is 10.0. The van der Waals surface area contributed by atoms with E-state index in [-0.39, 0.29) is 30.0 Å². The van der Waals surface area contributed by atoms with Crippen molar-refractivity contribution in [1.82, 2.24) is 0 Å². The van der Waals surface area contributed by atoms with Crippen LogP contribution in [0.25, 0.3) is 0 Å². The van der Waals surface area contributed by atoms with Gasteiger partial charge in [-0.15, -0.1) is 0 Å². The molecule has 0 bridgehead atoms. The molecule has 0 amide bonds. The van der Waals surface area contributed by atoms with Crippen molar-refractivity contribution in [3.63, 3.8) is 0 Å². The molecule has 1 saturated heterocycles. The Bertz CT molecular complexity index is 913. The summed E-state index contributed by atoms with van der Waals surface area (Å²) in [7, 11) is -0.469. The summed E-state index contributed by atoms with van der Waals surface area (Å²) < 4.78 is 76.2. The molecule has 0 saturated carbocycles. The van der Waals surface area contributed by atoms with E-state index in [9.17, 15) is 26.3 Å². The van der Waals surface area contributed by atoms with Crippen LogP contribution in [0.2, 0.25) is 0 Å². The molecule has 1 aliphatic heterocycles. The van der Waals surface area contributed by atoms with Crippen LogP contribution in [0.3, 0.4) is 0 Å². The van der Waals surface area contributed by atoms with Crippen LogP contribution in [0.15, 0.2) is 91.0 Å². The topological polar surface area (TPSA) is 21.8 Å². The first-order valence-electron chi connectivity index (χ1n) is 11.3. The Kier molecular flexibility index (Phi) is 13.3. The van der Waals surface area contributed by atoms with Crippen LogP contribution in [0.5, 0.6) is 0 Å². The van der Waals surface area contributed by atoms with E-state index >= 15 is 0 Å². The van der Waals surface area contributed by atoms with Crippen LogP contribution in [0.1, 0.15) is 13.3 Å². The highest BCUT2D eigenvalue weighted by atomic mass is 79.9. The number of epoxide rings is 1. The molecule has 0 aromatic heterocycles. The molecule has 10 heteroatoms. The lowest BCUT2D eigenvalue weighted by atomic mass is 10.3. The molecule has 0 aliphatic carbocycles. The first kappa shape index (κ1) is 33.1. The molecule has 3 aromatic carbocycles. The van der Waals surface area contributed by atoms with Crippen molar-refractivity contribution in [1.29, 1.82) is 0 Å². The molecule has 2 atom stereocenters. The standard InChI is InChI=1S/C19H18P.C5H9F3O.C3H3F3O.BrH/c1-20(17-11-5-2-6-12-17,18-13-7-3-8-14-18)19-15-9-4-10-16-19;1-3-4(9-2)5(6,7)8;4-3(5,6)2-1-7-2;/h2-16H,1H3;4H,3H2,1-2H3;2H,1H2;1H/q+1;;;/p-1. The van der Waals surface area contributed by atoms with Crippen LogP contribution in [0.4, 0.5) is 26.3 Å². The number of halogens is 7. The van der Waals surface area contributed by atoms with Crippen molar-refractivity contribution in [2.24, 2.45) is 0 Å². The predicted octanol–water partition coefficient (Wildman–Crippen LogP) is 3.54. The number of methoxy groups -OCH3 is 1. The number of hydrogen-bond donors (Lipinski definition) is 0. The van der Waals surface area contributed by atoms with E-state index < -0.39 is 31.8 Å². The van der Waals surface area contributed by atoms with Crippen LogP contribution in [-0.4, -0.2) is 44.9 Å². The molecule has 4 rings (SSSR count). The molecular formula is C27H30BrF6O2P. The van der Waals surface area contributed by atoms with Crippen LogP contribution < -0.4 is 32.9 Å². The van der Waals surface area contributed by atoms with Gasteiger partial charge < -0.3 is 26.5 Å². The number of benzene rings is 3. The van der Waals surface area contributed by atoms with E-state index in [1.165, 1.54) is 22.8 Å². The van der Waals surface area contributed by atoms with E-state index in [0.717, 1.165) is 7.11 Å². The van der Waals surface area contributed by atoms with Gasteiger partial charge in [-0.1, -0.05) is 61.5 Å². The second-order valence-corrected chi connectivity index (χ2v) is 11.6. The Morgan fingerprint density at radius 1 is 0.784 bits per heavy atom. The van der Waals surface area contributed by atoms with Crippen molar-refractivity contribution in [3.05, 3.63) is 91.0 Å². The van der Waals surface area contributed by atoms with Gasteiger partial charge in [0.15, 0.2) is 12.2 Å². The fraction of sp³-hybridized carbons (Fsp3) is 0.333. The maximum absolute atomic E-state index is 11.6. The predicted molar refractivity (Wildman–Crippen MR) is 134 cm³/mol. The van der Waals surface area contributed by atoms with Gasteiger partial charge in [0.1, 0.15) is 23.2 Å². The zero-order valence-corrected chi connectivity index (χ0v) is 23.1. The van der Waals surface area contributed by atoms with Gasteiger partial charge in [0.25, 0.3) is 0 Å². The minimum absolute atomic E-state index is 0. The summed E-state index contributed by atoms with van der Waals surface area (Å²) >= 11 is 0. The van der Waals surface area contributed by atoms with Crippen LogP contribution in [-0.2, 0) is 9.47 Å². The van der Waals surface area contributed by atoms with E-state index in [2.05, 4.69) is 107 Å². The van der Waals surface area contributed by atoms with Gasteiger partial charge in [-0.25, -0.2) is 0 Å². The summed E-state index contributed by atoms with van der Waals surface area (Å²) in [5.74, 6) is 0. The molecule has 0 spiro atoms. The van der Waals surface area contributed by atoms with E-state index in [1.807, 2.05) is 0 Å². The lowest BCUT2D eigenvalue weighted by Gasteiger charge is -2.22. The first-order chi connectivity index (χ1) is 16.9. The van der Waals surface area contributed by atoms with E-state index in [1.54, 1.807) is 0 Å². The van der Waals surface area contributed by atoms with Gasteiger partial charge in [-0.3, -0.25) is 0 Å². The molecule has 2 unspecified atom stereocenters. The second-order valence-electron chi connectivity index (χ2n) is 8.05. The van der Waals surface area contributed by atoms with Gasteiger partial charge in [0.2, 0.25) is 0 Å². The van der Waals surface area contributed by atoms with Crippen molar-refractivity contribution >= 4 is 23.2 Å². The van der Waals surface area contributed by atoms with Gasteiger partial charge in [-0.05, 0) is 42.8 Å². The molecule has 1 fully saturated rings. The van der Waals surface area contributed by atoms with Crippen molar-refractivity contribution < 1.29 is 52.8 Å². The Morgan fingerprint density at radius 3 is 1.24 bits per heavy atom. The maximum atomic E-state index is 11.6. The normalized spacial score (nSPS) is 15.6. The highest BCUT2D eigenvalue weighted by Crippen LogP contribution is 2.51. The fourth-order valence-electron chi connectivity index (χ4n) is 3.39. The summed E-state index contributed by atoms with van der Waals surface area (Å²) in [6, 6.07) is 32.6. The summed E-state index contributed by atoms with van der Waals surface area (Å²) in [5, 5.41) is 4.28. The summed E-state index contributed by atoms with van der Waals surface area (Å²) in [5.41, 5.74) is 0. The summed E-state index contributed by atoms with van der Waals surface area (Å²) in [6.07, 6.45) is -11.4. The third-order valence-electron chi connectivity index (χ3n) is 5.54. The summed E-state index contributed by atoms with van der Waals surface area (Å²) in [4.78, 5) is 0. The highest BCUT2D eigenvalue weighted by molar-refractivity contribution is 7.95. The quantitative estimate of drug-likeness (QED) is 0.251. The number of alkyl halides is 6. The zero-order valence-electron chi connectivity index (χ0n) is 20.6. The fourth-order valence-corrected chi connectivity index (χ4v) is 6.59. The minimum Gasteiger partial charge on any atom is -1.00 e. The molecule has 0 radical (unpaired) electrons. The average molecular weight is 611 g/mol. The monoisotopic (exact) mass is 610 g/mol. The van der Waals surface area contributed by atoms with Crippen LogP contribution in [0, 0.1) is 0 Å². The Balaban J connectivity index is 0.000000335. The van der Waals surface area contributed by atoms with E-state index in [0.29, 0.717) is 0 Å². The Labute approximate surface area is 225 Å². The van der Waals surface area contributed by atoms with Crippen molar-refractivity contribution in [3.8, 4) is 0 Å². The van der Waals surface area contributed by atoms with Gasteiger partial charge in [-0.2, -0.15) is 26.3 Å². The lowest BCUT2D eigenvalue weighted by molar-refractivity contribution is -0.213. The molecule has 2 nitrogen and oxygen atoms in total. The number of rotatable bonds is 5. The molecule has 0 N–H and O–H groups in total. The smallest absolute Gasteiger partial charge is 0.416 e. The highest BCUT2D eigenvalue weighted by Gasteiger charge is 2.49. The zero-order chi connectivity index (χ0) is 26.8. The van der Waals surface area contributed by atoms with Crippen molar-refractivity contribution in [2.45, 2.75) is 37.9 Å². The molecular weight excluding hydrogens is 581 g/mol. The number of ether oxygens (including phenoxy) is 2. The molecule has 1 heterocycles. The molecule has 3 aromatic rings. The first-order valence-corrected chi connectivity index (χ1v) is 13.5. The number of hydrogen-bond acceptors (Lipinski definition) is 2. The molecule has 37 heavy (non-hydrogen) atoms. The lowest BCUT2D eigenvalue weighted by Crippen LogP contribution is -3.00. The van der Waals surface area contributed by atoms with Gasteiger partial charge >= 0.3 is 12.4 Å². The second kappa shape index (κ2) is 14.9. The SMILES string of the molecule is CCC(OC)C(F)(F)F.C[P+](c1ccccc1)(c1ccccc1)c1ccccc1.FC(F)(F)C1CO1.[Br-]. The Hall–Kier alpha value is -1.93. The van der Waals surface area contributed by atoms with E-state index in [4.69, 9.17) is 0 Å². The van der Waals surface area contributed by atoms with Crippen LogP contribution >= 0.6 is 7.26 Å².